The second kappa shape index (κ2) is 9.72. The molecule has 3 rings (SSSR count). The Kier molecular flexibility index (Phi) is 7.06. The molecule has 2 fully saturated rings. The first kappa shape index (κ1) is 18.9. The van der Waals surface area contributed by atoms with Gasteiger partial charge in [-0.25, -0.2) is 0 Å². The quantitative estimate of drug-likeness (QED) is 0.786. The molecule has 5 nitrogen and oxygen atoms in total. The van der Waals surface area contributed by atoms with Crippen LogP contribution in [0.5, 0.6) is 0 Å². The van der Waals surface area contributed by atoms with E-state index in [0.717, 1.165) is 38.9 Å². The van der Waals surface area contributed by atoms with E-state index in [-0.39, 0.29) is 17.9 Å². The zero-order valence-electron chi connectivity index (χ0n) is 15.6. The summed E-state index contributed by atoms with van der Waals surface area (Å²) in [6.07, 6.45) is 6.16. The molecule has 1 atom stereocenters. The summed E-state index contributed by atoms with van der Waals surface area (Å²) in [5.41, 5.74) is 1.20. The standard InChI is InChI=1S/C21H31N3O2/c25-20(8-6-18-10-13-22-14-11-18)23-19-12-15-24(16-19)21(26)9-7-17-4-2-1-3-5-17/h1-5,18-19,22H,6-16H2,(H,23,25). The number of hydrogen-bond acceptors (Lipinski definition) is 3. The molecule has 0 bridgehead atoms. The van der Waals surface area contributed by atoms with Crippen LogP contribution in [0.3, 0.4) is 0 Å². The number of rotatable bonds is 7. The van der Waals surface area contributed by atoms with Gasteiger partial charge in [0.25, 0.3) is 0 Å². The average molecular weight is 357 g/mol. The molecule has 0 radical (unpaired) electrons. The lowest BCUT2D eigenvalue weighted by Crippen LogP contribution is -2.38. The van der Waals surface area contributed by atoms with Gasteiger partial charge in [-0.3, -0.25) is 9.59 Å². The topological polar surface area (TPSA) is 61.4 Å². The molecule has 1 unspecified atom stereocenters. The van der Waals surface area contributed by atoms with Crippen molar-refractivity contribution in [3.05, 3.63) is 35.9 Å². The van der Waals surface area contributed by atoms with E-state index in [4.69, 9.17) is 0 Å². The Bertz CT molecular complexity index is 584. The number of likely N-dealkylation sites (tertiary alicyclic amines) is 1. The number of amides is 2. The maximum Gasteiger partial charge on any atom is 0.222 e. The number of hydrogen-bond donors (Lipinski definition) is 2. The van der Waals surface area contributed by atoms with Crippen LogP contribution < -0.4 is 10.6 Å². The number of aryl methyl sites for hydroxylation is 1. The summed E-state index contributed by atoms with van der Waals surface area (Å²) < 4.78 is 0. The molecule has 1 aromatic carbocycles. The predicted molar refractivity (Wildman–Crippen MR) is 103 cm³/mol. The van der Waals surface area contributed by atoms with Gasteiger partial charge in [-0.2, -0.15) is 0 Å². The summed E-state index contributed by atoms with van der Waals surface area (Å²) in [4.78, 5) is 26.5. The highest BCUT2D eigenvalue weighted by atomic mass is 16.2. The van der Waals surface area contributed by atoms with Crippen LogP contribution in [0.1, 0.15) is 44.1 Å². The van der Waals surface area contributed by atoms with Crippen molar-refractivity contribution in [2.24, 2.45) is 5.92 Å². The molecule has 2 N–H and O–H groups in total. The average Bonchev–Trinajstić information content (AvgIpc) is 3.14. The Morgan fingerprint density at radius 2 is 1.85 bits per heavy atom. The SMILES string of the molecule is O=C(CCC1CCNCC1)NC1CCN(C(=O)CCc2ccccc2)C1. The van der Waals surface area contributed by atoms with E-state index in [1.807, 2.05) is 23.1 Å². The summed E-state index contributed by atoms with van der Waals surface area (Å²) in [5, 5.41) is 6.49. The lowest BCUT2D eigenvalue weighted by Gasteiger charge is -2.22. The highest BCUT2D eigenvalue weighted by Crippen LogP contribution is 2.18. The predicted octanol–water partition coefficient (Wildman–Crippen LogP) is 2.12. The Morgan fingerprint density at radius 3 is 2.62 bits per heavy atom. The van der Waals surface area contributed by atoms with E-state index < -0.39 is 0 Å². The smallest absolute Gasteiger partial charge is 0.222 e. The number of benzene rings is 1. The first-order valence-electron chi connectivity index (χ1n) is 10.0. The third kappa shape index (κ3) is 5.84. The third-order valence-corrected chi connectivity index (χ3v) is 5.61. The zero-order valence-corrected chi connectivity index (χ0v) is 15.6. The van der Waals surface area contributed by atoms with Crippen molar-refractivity contribution < 1.29 is 9.59 Å². The monoisotopic (exact) mass is 357 g/mol. The summed E-state index contributed by atoms with van der Waals surface area (Å²) in [5.74, 6) is 1.02. The summed E-state index contributed by atoms with van der Waals surface area (Å²) in [6, 6.07) is 10.2. The third-order valence-electron chi connectivity index (χ3n) is 5.61. The Hall–Kier alpha value is -1.88. The minimum absolute atomic E-state index is 0.121. The van der Waals surface area contributed by atoms with Gasteiger partial charge < -0.3 is 15.5 Å². The van der Waals surface area contributed by atoms with Crippen LogP contribution in [0, 0.1) is 5.92 Å². The van der Waals surface area contributed by atoms with Gasteiger partial charge in [-0.1, -0.05) is 30.3 Å². The van der Waals surface area contributed by atoms with Crippen LogP contribution in [0.2, 0.25) is 0 Å². The number of piperidine rings is 1. The van der Waals surface area contributed by atoms with Crippen molar-refractivity contribution in [2.75, 3.05) is 26.2 Å². The Labute approximate surface area is 156 Å². The lowest BCUT2D eigenvalue weighted by atomic mass is 9.93. The zero-order chi connectivity index (χ0) is 18.2. The summed E-state index contributed by atoms with van der Waals surface area (Å²) >= 11 is 0. The van der Waals surface area contributed by atoms with Gasteiger partial charge in [0.1, 0.15) is 0 Å². The van der Waals surface area contributed by atoms with Gasteiger partial charge in [-0.15, -0.1) is 0 Å². The molecular formula is C21H31N3O2. The molecule has 0 saturated carbocycles. The van der Waals surface area contributed by atoms with Crippen LogP contribution in [-0.2, 0) is 16.0 Å². The van der Waals surface area contributed by atoms with Crippen molar-refractivity contribution >= 4 is 11.8 Å². The van der Waals surface area contributed by atoms with Crippen molar-refractivity contribution in [2.45, 2.75) is 51.0 Å². The summed E-state index contributed by atoms with van der Waals surface area (Å²) in [7, 11) is 0. The fourth-order valence-corrected chi connectivity index (χ4v) is 3.96. The van der Waals surface area contributed by atoms with Gasteiger partial charge in [0.15, 0.2) is 0 Å². The molecule has 142 valence electrons. The molecule has 0 aromatic heterocycles. The second-order valence-electron chi connectivity index (χ2n) is 7.61. The van der Waals surface area contributed by atoms with Crippen molar-refractivity contribution in [1.82, 2.24) is 15.5 Å². The first-order valence-corrected chi connectivity index (χ1v) is 10.0. The Morgan fingerprint density at radius 1 is 1.08 bits per heavy atom. The fraction of sp³-hybridized carbons (Fsp3) is 0.619. The van der Waals surface area contributed by atoms with Crippen LogP contribution >= 0.6 is 0 Å². The summed E-state index contributed by atoms with van der Waals surface area (Å²) in [6.45, 7) is 3.57. The molecule has 2 aliphatic rings. The van der Waals surface area contributed by atoms with E-state index in [0.29, 0.717) is 25.3 Å². The second-order valence-corrected chi connectivity index (χ2v) is 7.61. The first-order chi connectivity index (χ1) is 12.7. The van der Waals surface area contributed by atoms with E-state index in [1.165, 1.54) is 18.4 Å². The molecule has 2 heterocycles. The van der Waals surface area contributed by atoms with Crippen molar-refractivity contribution in [1.29, 1.82) is 0 Å². The fourth-order valence-electron chi connectivity index (χ4n) is 3.96. The van der Waals surface area contributed by atoms with Crippen LogP contribution in [0.15, 0.2) is 30.3 Å². The van der Waals surface area contributed by atoms with E-state index in [1.54, 1.807) is 0 Å². The largest absolute Gasteiger partial charge is 0.352 e. The van der Waals surface area contributed by atoms with Gasteiger partial charge in [0, 0.05) is 32.0 Å². The van der Waals surface area contributed by atoms with Crippen LogP contribution in [0.25, 0.3) is 0 Å². The molecule has 1 aromatic rings. The minimum atomic E-state index is 0.121. The number of carbonyl (C=O) groups excluding carboxylic acids is 2. The highest BCUT2D eigenvalue weighted by Gasteiger charge is 2.27. The Balaban J connectivity index is 1.33. The molecule has 5 heteroatoms. The molecular weight excluding hydrogens is 326 g/mol. The minimum Gasteiger partial charge on any atom is -0.352 e. The van der Waals surface area contributed by atoms with Crippen molar-refractivity contribution in [3.8, 4) is 0 Å². The normalized spacial score (nSPS) is 20.9. The van der Waals surface area contributed by atoms with Gasteiger partial charge >= 0.3 is 0 Å². The van der Waals surface area contributed by atoms with Crippen LogP contribution in [-0.4, -0.2) is 48.9 Å². The van der Waals surface area contributed by atoms with Gasteiger partial charge in [0.2, 0.25) is 11.8 Å². The molecule has 0 spiro atoms. The molecule has 2 aliphatic heterocycles. The lowest BCUT2D eigenvalue weighted by molar-refractivity contribution is -0.130. The maximum atomic E-state index is 12.4. The number of nitrogens with one attached hydrogen (secondary N) is 2. The van der Waals surface area contributed by atoms with E-state index in [2.05, 4.69) is 22.8 Å². The van der Waals surface area contributed by atoms with Gasteiger partial charge in [0.05, 0.1) is 0 Å². The molecule has 2 saturated heterocycles. The number of carbonyl (C=O) groups is 2. The molecule has 26 heavy (non-hydrogen) atoms. The maximum absolute atomic E-state index is 12.4. The highest BCUT2D eigenvalue weighted by molar-refractivity contribution is 5.78. The van der Waals surface area contributed by atoms with Crippen LogP contribution in [0.4, 0.5) is 0 Å². The molecule has 2 amide bonds. The van der Waals surface area contributed by atoms with Crippen molar-refractivity contribution in [3.63, 3.8) is 0 Å². The number of nitrogens with zero attached hydrogens (tertiary/aromatic N) is 1. The van der Waals surface area contributed by atoms with E-state index >= 15 is 0 Å². The van der Waals surface area contributed by atoms with E-state index in [9.17, 15) is 9.59 Å². The van der Waals surface area contributed by atoms with Gasteiger partial charge in [-0.05, 0) is 56.7 Å². The molecule has 0 aliphatic carbocycles.